The van der Waals surface area contributed by atoms with Crippen LogP contribution in [0.1, 0.15) is 16.9 Å². The number of nitrogens with zero attached hydrogens (tertiary/aromatic N) is 1. The minimum absolute atomic E-state index is 0.0506. The number of anilines is 2. The van der Waals surface area contributed by atoms with Gasteiger partial charge in [-0.3, -0.25) is 0 Å². The molecular formula is C26H28F4N4O3S2. The molecule has 0 spiro atoms. The zero-order valence-corrected chi connectivity index (χ0v) is 22.9. The first kappa shape index (κ1) is 28.9. The van der Waals surface area contributed by atoms with Crippen LogP contribution in [0.2, 0.25) is 0 Å². The fraction of sp³-hybridized carbons (Fsp3) is 0.385. The number of halogens is 4. The summed E-state index contributed by atoms with van der Waals surface area (Å²) in [6.45, 7) is 1.06. The number of ether oxygens (including phenoxy) is 1. The standard InChI is InChI=1S/C26H28F4N4O3S2/c1-34-12-10-20(19(27)15-34)33-22-6-3-5-17-18(14-26(28,29)30)24(38-25(17)22)7-4-11-32-21-9-8-16(39(31,35)36)13-23(21)37-2/h3,5-6,8-9,13,19-20,32-33H,10-12,14-15H2,1-2H3,(H2,31,35,36)/t19-,20+/m0/s1. The van der Waals surface area contributed by atoms with Crippen molar-refractivity contribution in [2.75, 3.05) is 44.4 Å². The molecule has 1 aliphatic rings. The third-order valence-corrected chi connectivity index (χ3v) is 8.46. The molecular weight excluding hydrogens is 556 g/mol. The topological polar surface area (TPSA) is 96.7 Å². The van der Waals surface area contributed by atoms with E-state index in [9.17, 15) is 26.0 Å². The molecule has 0 bridgehead atoms. The van der Waals surface area contributed by atoms with Gasteiger partial charge >= 0.3 is 6.18 Å². The van der Waals surface area contributed by atoms with Gasteiger partial charge in [-0.2, -0.15) is 13.2 Å². The first-order valence-corrected chi connectivity index (χ1v) is 14.4. The summed E-state index contributed by atoms with van der Waals surface area (Å²) < 4.78 is 84.1. The SMILES string of the molecule is COc1cc(S(N)(=O)=O)ccc1NCC#Cc1sc2c(N[C@@H]3CCN(C)C[C@@H]3F)cccc2c1CC(F)(F)F. The Morgan fingerprint density at radius 3 is 2.67 bits per heavy atom. The molecule has 1 saturated heterocycles. The number of alkyl halides is 4. The molecule has 0 amide bonds. The van der Waals surface area contributed by atoms with Gasteiger partial charge in [0.1, 0.15) is 11.9 Å². The average molecular weight is 585 g/mol. The van der Waals surface area contributed by atoms with Crippen molar-refractivity contribution >= 4 is 42.8 Å². The Labute approximate surface area is 228 Å². The molecule has 3 aromatic rings. The van der Waals surface area contributed by atoms with Crippen molar-refractivity contribution in [1.82, 2.24) is 4.90 Å². The maximum absolute atomic E-state index is 14.6. The first-order chi connectivity index (χ1) is 18.4. The van der Waals surface area contributed by atoms with Crippen LogP contribution in [0.4, 0.5) is 28.9 Å². The molecule has 0 saturated carbocycles. The second-order valence-corrected chi connectivity index (χ2v) is 11.8. The van der Waals surface area contributed by atoms with Crippen molar-refractivity contribution in [3.63, 3.8) is 0 Å². The van der Waals surface area contributed by atoms with Gasteiger partial charge in [-0.15, -0.1) is 11.3 Å². The number of piperidine rings is 1. The van der Waals surface area contributed by atoms with E-state index in [4.69, 9.17) is 9.88 Å². The van der Waals surface area contributed by atoms with Crippen LogP contribution in [-0.4, -0.2) is 65.5 Å². The first-order valence-electron chi connectivity index (χ1n) is 12.0. The number of methoxy groups -OCH3 is 1. The van der Waals surface area contributed by atoms with Crippen LogP contribution in [0.3, 0.4) is 0 Å². The summed E-state index contributed by atoms with van der Waals surface area (Å²) in [6.07, 6.45) is -6.11. The lowest BCUT2D eigenvalue weighted by atomic mass is 10.0. The second-order valence-electron chi connectivity index (χ2n) is 9.26. The third kappa shape index (κ3) is 7.13. The Hall–Kier alpha value is -3.05. The number of rotatable bonds is 7. The second kappa shape index (κ2) is 11.6. The number of nitrogens with two attached hydrogens (primary N) is 1. The van der Waals surface area contributed by atoms with Crippen molar-refractivity contribution < 1.29 is 30.7 Å². The minimum Gasteiger partial charge on any atom is -0.495 e. The van der Waals surface area contributed by atoms with Crippen molar-refractivity contribution in [2.24, 2.45) is 5.14 Å². The number of hydrogen-bond donors (Lipinski definition) is 3. The molecule has 0 unspecified atom stereocenters. The molecule has 7 nitrogen and oxygen atoms in total. The maximum Gasteiger partial charge on any atom is 0.393 e. The number of hydrogen-bond acceptors (Lipinski definition) is 7. The van der Waals surface area contributed by atoms with Crippen LogP contribution in [0, 0.1) is 11.8 Å². The molecule has 4 rings (SSSR count). The number of benzene rings is 2. The molecule has 2 aromatic carbocycles. The monoisotopic (exact) mass is 584 g/mol. The molecule has 0 radical (unpaired) electrons. The quantitative estimate of drug-likeness (QED) is 0.278. The maximum atomic E-state index is 14.6. The molecule has 1 aromatic heterocycles. The zero-order valence-electron chi connectivity index (χ0n) is 21.2. The number of thiophene rings is 1. The van der Waals surface area contributed by atoms with Crippen LogP contribution >= 0.6 is 11.3 Å². The highest BCUT2D eigenvalue weighted by molar-refractivity contribution is 7.89. The average Bonchev–Trinajstić information content (AvgIpc) is 3.19. The van der Waals surface area contributed by atoms with E-state index in [2.05, 4.69) is 22.5 Å². The number of primary sulfonamides is 1. The predicted molar refractivity (Wildman–Crippen MR) is 146 cm³/mol. The van der Waals surface area contributed by atoms with Crippen molar-refractivity contribution in [1.29, 1.82) is 0 Å². The summed E-state index contributed by atoms with van der Waals surface area (Å²) in [5.74, 6) is 5.92. The minimum atomic E-state index is -4.44. The molecule has 2 atom stereocenters. The molecule has 1 aliphatic heterocycles. The van der Waals surface area contributed by atoms with Gasteiger partial charge < -0.3 is 20.3 Å². The number of likely N-dealkylation sites (tertiary alicyclic amines) is 1. The fourth-order valence-electron chi connectivity index (χ4n) is 4.44. The Morgan fingerprint density at radius 1 is 1.23 bits per heavy atom. The van der Waals surface area contributed by atoms with E-state index >= 15 is 0 Å². The summed E-state index contributed by atoms with van der Waals surface area (Å²) >= 11 is 1.14. The van der Waals surface area contributed by atoms with Gasteiger partial charge in [0.15, 0.2) is 0 Å². The fourth-order valence-corrected chi connectivity index (χ4v) is 6.14. The summed E-state index contributed by atoms with van der Waals surface area (Å²) in [4.78, 5) is 2.05. The van der Waals surface area contributed by atoms with Crippen LogP contribution in [0.25, 0.3) is 10.1 Å². The van der Waals surface area contributed by atoms with E-state index in [1.807, 2.05) is 11.9 Å². The lowest BCUT2D eigenvalue weighted by Gasteiger charge is -2.33. The summed E-state index contributed by atoms with van der Waals surface area (Å²) in [7, 11) is -0.707. The van der Waals surface area contributed by atoms with Gasteiger partial charge in [0.05, 0.1) is 52.0 Å². The molecule has 210 valence electrons. The number of sulfonamides is 1. The summed E-state index contributed by atoms with van der Waals surface area (Å²) in [6, 6.07) is 8.64. The zero-order chi connectivity index (χ0) is 28.4. The van der Waals surface area contributed by atoms with Gasteiger partial charge in [-0.25, -0.2) is 17.9 Å². The van der Waals surface area contributed by atoms with Gasteiger partial charge in [0, 0.05) is 19.2 Å². The highest BCUT2D eigenvalue weighted by atomic mass is 32.2. The molecule has 1 fully saturated rings. The lowest BCUT2D eigenvalue weighted by Crippen LogP contribution is -2.46. The number of fused-ring (bicyclic) bond motifs is 1. The van der Waals surface area contributed by atoms with E-state index in [1.165, 1.54) is 25.3 Å². The third-order valence-electron chi connectivity index (χ3n) is 6.35. The molecule has 39 heavy (non-hydrogen) atoms. The van der Waals surface area contributed by atoms with Crippen LogP contribution in [0.15, 0.2) is 41.3 Å². The number of nitrogens with one attached hydrogen (secondary N) is 2. The van der Waals surface area contributed by atoms with Gasteiger partial charge in [-0.05, 0) is 42.6 Å². The summed E-state index contributed by atoms with van der Waals surface area (Å²) in [5, 5.41) is 11.8. The molecule has 13 heteroatoms. The Morgan fingerprint density at radius 2 is 2.00 bits per heavy atom. The van der Waals surface area contributed by atoms with E-state index in [-0.39, 0.29) is 34.2 Å². The van der Waals surface area contributed by atoms with Gasteiger partial charge in [0.25, 0.3) is 0 Å². The van der Waals surface area contributed by atoms with Crippen LogP contribution in [0.5, 0.6) is 5.75 Å². The highest BCUT2D eigenvalue weighted by Gasteiger charge is 2.32. The highest BCUT2D eigenvalue weighted by Crippen LogP contribution is 2.39. The normalized spacial score (nSPS) is 18.4. The van der Waals surface area contributed by atoms with Crippen molar-refractivity contribution in [3.05, 3.63) is 46.8 Å². The van der Waals surface area contributed by atoms with E-state index < -0.39 is 34.8 Å². The van der Waals surface area contributed by atoms with Gasteiger partial charge in [-0.1, -0.05) is 24.0 Å². The van der Waals surface area contributed by atoms with Crippen molar-refractivity contribution in [2.45, 2.75) is 36.1 Å². The van der Waals surface area contributed by atoms with Gasteiger partial charge in [0.2, 0.25) is 10.0 Å². The molecule has 4 N–H and O–H groups in total. The Balaban J connectivity index is 1.61. The van der Waals surface area contributed by atoms with Crippen molar-refractivity contribution in [3.8, 4) is 17.6 Å². The summed E-state index contributed by atoms with van der Waals surface area (Å²) in [5.41, 5.74) is 1.11. The molecule has 0 aliphatic carbocycles. The van der Waals surface area contributed by atoms with Crippen LogP contribution < -0.4 is 20.5 Å². The molecule has 2 heterocycles. The van der Waals surface area contributed by atoms with E-state index in [1.54, 1.807) is 18.2 Å². The van der Waals surface area contributed by atoms with Crippen LogP contribution in [-0.2, 0) is 16.4 Å². The van der Waals surface area contributed by atoms with E-state index in [0.717, 1.165) is 17.9 Å². The largest absolute Gasteiger partial charge is 0.495 e. The Kier molecular flexibility index (Phi) is 8.60. The smallest absolute Gasteiger partial charge is 0.393 e. The van der Waals surface area contributed by atoms with E-state index in [0.29, 0.717) is 27.9 Å². The Bertz CT molecular complexity index is 1510. The lowest BCUT2D eigenvalue weighted by molar-refractivity contribution is -0.126. The predicted octanol–water partition coefficient (Wildman–Crippen LogP) is 4.58.